The number of nitrogens with one attached hydrogen (secondary N) is 3. The highest BCUT2D eigenvalue weighted by atomic mass is 19.1. The van der Waals surface area contributed by atoms with Gasteiger partial charge in [0.05, 0.1) is 12.8 Å². The second kappa shape index (κ2) is 8.78. The molecule has 0 radical (unpaired) electrons. The van der Waals surface area contributed by atoms with Crippen molar-refractivity contribution in [1.82, 2.24) is 15.6 Å². The molecular formula is C26H22F2N4O4. The molecule has 2 aliphatic carbocycles. The number of fused-ring (bicyclic) bond motifs is 3. The summed E-state index contributed by atoms with van der Waals surface area (Å²) in [7, 11) is 0. The second-order valence-corrected chi connectivity index (χ2v) is 9.15. The highest BCUT2D eigenvalue weighted by Gasteiger charge is 2.57. The number of halogens is 2. The van der Waals surface area contributed by atoms with Crippen LogP contribution in [0.3, 0.4) is 0 Å². The molecule has 3 aliphatic rings. The van der Waals surface area contributed by atoms with Crippen molar-refractivity contribution in [2.24, 2.45) is 5.92 Å². The van der Waals surface area contributed by atoms with Crippen LogP contribution in [0, 0.1) is 17.6 Å². The predicted molar refractivity (Wildman–Crippen MR) is 125 cm³/mol. The Kier molecular flexibility index (Phi) is 5.43. The summed E-state index contributed by atoms with van der Waals surface area (Å²) in [5.74, 6) is -0.477. The Labute approximate surface area is 205 Å². The highest BCUT2D eigenvalue weighted by molar-refractivity contribution is 5.94. The van der Waals surface area contributed by atoms with Gasteiger partial charge in [-0.3, -0.25) is 10.1 Å². The van der Waals surface area contributed by atoms with Gasteiger partial charge in [-0.05, 0) is 61.4 Å². The highest BCUT2D eigenvalue weighted by Crippen LogP contribution is 2.55. The van der Waals surface area contributed by atoms with Crippen LogP contribution in [0.1, 0.15) is 34.7 Å². The molecule has 2 saturated carbocycles. The number of aromatic nitrogens is 1. The van der Waals surface area contributed by atoms with E-state index in [4.69, 9.17) is 9.47 Å². The van der Waals surface area contributed by atoms with Gasteiger partial charge in [0.15, 0.2) is 11.6 Å². The molecule has 1 aromatic heterocycles. The largest absolute Gasteiger partial charge is 0.490 e. The number of hydrogen-bond donors (Lipinski definition) is 3. The molecule has 0 unspecified atom stereocenters. The van der Waals surface area contributed by atoms with Crippen LogP contribution in [0.25, 0.3) is 0 Å². The molecule has 8 nitrogen and oxygen atoms in total. The lowest BCUT2D eigenvalue weighted by Gasteiger charge is -2.16. The van der Waals surface area contributed by atoms with E-state index in [1.165, 1.54) is 6.20 Å². The number of ether oxygens (including phenoxy) is 2. The summed E-state index contributed by atoms with van der Waals surface area (Å²) in [4.78, 5) is 28.7. The third-order valence-electron chi connectivity index (χ3n) is 6.56. The van der Waals surface area contributed by atoms with E-state index in [9.17, 15) is 18.4 Å². The first kappa shape index (κ1) is 22.3. The second-order valence-electron chi connectivity index (χ2n) is 9.15. The molecule has 3 atom stereocenters. The fraction of sp³-hybridized carbons (Fsp3) is 0.269. The van der Waals surface area contributed by atoms with Gasteiger partial charge in [-0.1, -0.05) is 0 Å². The average Bonchev–Trinajstić information content (AvgIpc) is 3.81. The van der Waals surface area contributed by atoms with E-state index in [0.29, 0.717) is 28.9 Å². The summed E-state index contributed by atoms with van der Waals surface area (Å²) >= 11 is 0. The maximum absolute atomic E-state index is 14.3. The van der Waals surface area contributed by atoms with Gasteiger partial charge >= 0.3 is 6.03 Å². The molecule has 36 heavy (non-hydrogen) atoms. The van der Waals surface area contributed by atoms with Crippen LogP contribution in [0.15, 0.2) is 54.7 Å². The number of benzene rings is 2. The Morgan fingerprint density at radius 2 is 1.69 bits per heavy atom. The lowest BCUT2D eigenvalue weighted by Crippen LogP contribution is -2.32. The number of hydrogen-bond acceptors (Lipinski definition) is 5. The number of carbonyl (C=O) groups is 2. The molecule has 6 rings (SSSR count). The van der Waals surface area contributed by atoms with E-state index in [1.807, 2.05) is 0 Å². The van der Waals surface area contributed by atoms with Crippen molar-refractivity contribution in [3.8, 4) is 17.2 Å². The van der Waals surface area contributed by atoms with E-state index < -0.39 is 17.7 Å². The van der Waals surface area contributed by atoms with Crippen LogP contribution >= 0.6 is 0 Å². The summed E-state index contributed by atoms with van der Waals surface area (Å²) in [5, 5.41) is 8.36. The number of pyridine rings is 1. The van der Waals surface area contributed by atoms with Crippen LogP contribution < -0.4 is 25.4 Å². The maximum Gasteiger partial charge on any atom is 0.320 e. The first-order chi connectivity index (χ1) is 17.5. The minimum Gasteiger partial charge on any atom is -0.490 e. The van der Waals surface area contributed by atoms with Crippen molar-refractivity contribution in [3.05, 3.63) is 77.5 Å². The lowest BCUT2D eigenvalue weighted by molar-refractivity contribution is 0.0951. The molecule has 0 spiro atoms. The molecule has 2 fully saturated rings. The Balaban J connectivity index is 1.03. The topological polar surface area (TPSA) is 102 Å². The Bertz CT molecular complexity index is 1330. The van der Waals surface area contributed by atoms with Crippen molar-refractivity contribution in [1.29, 1.82) is 0 Å². The van der Waals surface area contributed by atoms with Crippen LogP contribution in [0.5, 0.6) is 17.2 Å². The van der Waals surface area contributed by atoms with Crippen molar-refractivity contribution < 1.29 is 27.8 Å². The summed E-state index contributed by atoms with van der Waals surface area (Å²) in [6.07, 6.45) is 3.51. The molecule has 1 aliphatic heterocycles. The fourth-order valence-electron chi connectivity index (χ4n) is 4.48. The van der Waals surface area contributed by atoms with Gasteiger partial charge in [-0.2, -0.15) is 0 Å². The van der Waals surface area contributed by atoms with Gasteiger partial charge in [-0.25, -0.2) is 18.6 Å². The zero-order valence-electron chi connectivity index (χ0n) is 19.0. The predicted octanol–water partition coefficient (Wildman–Crippen LogP) is 4.34. The van der Waals surface area contributed by atoms with E-state index in [-0.39, 0.29) is 41.7 Å². The van der Waals surface area contributed by atoms with E-state index >= 15 is 0 Å². The zero-order chi connectivity index (χ0) is 24.8. The van der Waals surface area contributed by atoms with Crippen molar-refractivity contribution in [2.75, 3.05) is 11.9 Å². The first-order valence-electron chi connectivity index (χ1n) is 11.7. The van der Waals surface area contributed by atoms with Crippen molar-refractivity contribution >= 4 is 17.8 Å². The summed E-state index contributed by atoms with van der Waals surface area (Å²) in [5.41, 5.74) is 0.740. The molecule has 10 heteroatoms. The van der Waals surface area contributed by atoms with Crippen molar-refractivity contribution in [3.63, 3.8) is 0 Å². The third kappa shape index (κ3) is 4.41. The van der Waals surface area contributed by atoms with Gasteiger partial charge < -0.3 is 20.1 Å². The Morgan fingerprint density at radius 1 is 0.944 bits per heavy atom. The van der Waals surface area contributed by atoms with Crippen LogP contribution in [-0.2, 0) is 0 Å². The summed E-state index contributed by atoms with van der Waals surface area (Å²) in [6.45, 7) is 0.208. The van der Waals surface area contributed by atoms with Gasteiger partial charge in [0.2, 0.25) is 0 Å². The smallest absolute Gasteiger partial charge is 0.320 e. The molecule has 0 bridgehead atoms. The molecule has 2 aromatic carbocycles. The quantitative estimate of drug-likeness (QED) is 0.475. The summed E-state index contributed by atoms with van der Waals surface area (Å²) in [6, 6.07) is 11.6. The molecule has 0 saturated heterocycles. The minimum atomic E-state index is -0.610. The van der Waals surface area contributed by atoms with E-state index in [0.717, 1.165) is 25.0 Å². The Hall–Kier alpha value is -4.21. The van der Waals surface area contributed by atoms with Gasteiger partial charge in [0.1, 0.15) is 23.1 Å². The SMILES string of the molecule is O=C(Nc1ccc(Oc2ccc(C(=O)NC3CC3)cc2)cn1)N[C@@H]1[C@H]2COc3c(F)ccc(F)c3[C@H]21. The van der Waals surface area contributed by atoms with Crippen molar-refractivity contribution in [2.45, 2.75) is 30.8 Å². The number of rotatable bonds is 6. The molecule has 3 N–H and O–H groups in total. The standard InChI is InChI=1S/C26H22F2N4O4/c27-18-8-9-19(28)24-22(18)21-17(12-35-24)23(21)32-26(34)31-20-10-7-16(11-29-20)36-15-5-1-13(2-6-15)25(33)30-14-3-4-14/h1-2,5-11,14,17,21,23H,3-4,12H2,(H,30,33)(H2,29,31,32,34)/t17-,21-,23+/m0/s1. The molecular weight excluding hydrogens is 470 g/mol. The van der Waals surface area contributed by atoms with Crippen LogP contribution in [-0.4, -0.2) is 35.6 Å². The zero-order valence-corrected chi connectivity index (χ0v) is 19.0. The number of urea groups is 1. The molecule has 2 heterocycles. The van der Waals surface area contributed by atoms with Gasteiger partial charge in [0, 0.05) is 35.0 Å². The van der Waals surface area contributed by atoms with Crippen LogP contribution in [0.2, 0.25) is 0 Å². The molecule has 184 valence electrons. The Morgan fingerprint density at radius 3 is 2.42 bits per heavy atom. The van der Waals surface area contributed by atoms with Gasteiger partial charge in [-0.15, -0.1) is 0 Å². The fourth-order valence-corrected chi connectivity index (χ4v) is 4.48. The number of nitrogens with zero attached hydrogens (tertiary/aromatic N) is 1. The van der Waals surface area contributed by atoms with E-state index in [2.05, 4.69) is 20.9 Å². The maximum atomic E-state index is 14.3. The molecule has 3 aromatic rings. The summed E-state index contributed by atoms with van der Waals surface area (Å²) < 4.78 is 39.4. The monoisotopic (exact) mass is 492 g/mol. The van der Waals surface area contributed by atoms with Gasteiger partial charge in [0.25, 0.3) is 5.91 Å². The number of amides is 3. The van der Waals surface area contributed by atoms with Crippen LogP contribution in [0.4, 0.5) is 19.4 Å². The average molecular weight is 492 g/mol. The van der Waals surface area contributed by atoms with E-state index in [1.54, 1.807) is 36.4 Å². The number of anilines is 1. The lowest BCUT2D eigenvalue weighted by atomic mass is 10.0. The third-order valence-corrected chi connectivity index (χ3v) is 6.56. The minimum absolute atomic E-state index is 0.0747. The normalized spacial score (nSPS) is 21.3. The molecule has 3 amide bonds. The first-order valence-corrected chi connectivity index (χ1v) is 11.7. The number of carbonyl (C=O) groups excluding carboxylic acids is 2.